The summed E-state index contributed by atoms with van der Waals surface area (Å²) in [6, 6.07) is 5.28. The number of carbonyl (C=O) groups excluding carboxylic acids is 1. The van der Waals surface area contributed by atoms with Crippen LogP contribution in [0, 0.1) is 0 Å². The molecule has 1 aromatic carbocycles. The second-order valence-electron chi connectivity index (χ2n) is 6.53. The van der Waals surface area contributed by atoms with Crippen LogP contribution in [0.5, 0.6) is 0 Å². The number of amides is 1. The van der Waals surface area contributed by atoms with E-state index in [-0.39, 0.29) is 6.54 Å². The molecular formula is C16H17Cl2N5O2S. The number of hydrogen-bond donors (Lipinski definition) is 1. The minimum absolute atomic E-state index is 0.146. The molecule has 7 nitrogen and oxygen atoms in total. The van der Waals surface area contributed by atoms with Gasteiger partial charge in [0.15, 0.2) is 5.82 Å². The van der Waals surface area contributed by atoms with Gasteiger partial charge in [0.25, 0.3) is 0 Å². The molecule has 2 aromatic rings. The van der Waals surface area contributed by atoms with Crippen molar-refractivity contribution in [1.29, 1.82) is 0 Å². The highest BCUT2D eigenvalue weighted by molar-refractivity contribution is 7.99. The minimum atomic E-state index is -0.569. The van der Waals surface area contributed by atoms with Crippen molar-refractivity contribution < 1.29 is 9.53 Å². The van der Waals surface area contributed by atoms with E-state index in [9.17, 15) is 4.79 Å². The summed E-state index contributed by atoms with van der Waals surface area (Å²) in [5.74, 6) is 1.11. The van der Waals surface area contributed by atoms with Crippen LogP contribution in [0.2, 0.25) is 10.0 Å². The van der Waals surface area contributed by atoms with Crippen LogP contribution in [-0.2, 0) is 11.3 Å². The Labute approximate surface area is 165 Å². The fourth-order valence-electron chi connectivity index (χ4n) is 2.20. The van der Waals surface area contributed by atoms with E-state index in [1.54, 1.807) is 37.6 Å². The smallest absolute Gasteiger partial charge is 0.408 e. The first kappa shape index (κ1) is 19.0. The van der Waals surface area contributed by atoms with Crippen LogP contribution in [0.15, 0.2) is 28.5 Å². The molecule has 1 aromatic heterocycles. The average molecular weight is 414 g/mol. The molecule has 1 N–H and O–H groups in total. The molecule has 3 rings (SSSR count). The van der Waals surface area contributed by atoms with Gasteiger partial charge in [-0.2, -0.15) is 9.78 Å². The highest BCUT2D eigenvalue weighted by Crippen LogP contribution is 2.28. The molecule has 0 unspecified atom stereocenters. The minimum Gasteiger partial charge on any atom is -0.444 e. The van der Waals surface area contributed by atoms with E-state index in [2.05, 4.69) is 20.6 Å². The summed E-state index contributed by atoms with van der Waals surface area (Å²) in [7, 11) is 0. The molecule has 0 radical (unpaired) electrons. The standard InChI is InChI=1S/C16H17Cl2N5O2S/c1-16(2,3)25-15(24)19-7-13-20-21-14-23(13)22-12(8-26-14)10-5-4-9(17)6-11(10)18/h4-6H,7-8H2,1-3H3,(H,19,24). The SMILES string of the molecule is CC(C)(C)OC(=O)NCc1nnc2n1N=C(c1ccc(Cl)cc1Cl)CS2. The van der Waals surface area contributed by atoms with Gasteiger partial charge in [0.05, 0.1) is 17.3 Å². The monoisotopic (exact) mass is 413 g/mol. The van der Waals surface area contributed by atoms with Gasteiger partial charge in [0.2, 0.25) is 5.16 Å². The molecule has 2 heterocycles. The van der Waals surface area contributed by atoms with Gasteiger partial charge in [-0.15, -0.1) is 10.2 Å². The molecule has 0 atom stereocenters. The second-order valence-corrected chi connectivity index (χ2v) is 8.31. The molecule has 0 fully saturated rings. The van der Waals surface area contributed by atoms with Gasteiger partial charge in [-0.25, -0.2) is 4.79 Å². The summed E-state index contributed by atoms with van der Waals surface area (Å²) in [5.41, 5.74) is 1.01. The van der Waals surface area contributed by atoms with Crippen LogP contribution >= 0.6 is 35.0 Å². The molecule has 0 saturated carbocycles. The normalized spacial score (nSPS) is 13.8. The van der Waals surface area contributed by atoms with E-state index in [1.165, 1.54) is 11.8 Å². The molecule has 26 heavy (non-hydrogen) atoms. The lowest BCUT2D eigenvalue weighted by atomic mass is 10.1. The van der Waals surface area contributed by atoms with Gasteiger partial charge in [-0.3, -0.25) is 0 Å². The van der Waals surface area contributed by atoms with Crippen molar-refractivity contribution in [1.82, 2.24) is 20.2 Å². The summed E-state index contributed by atoms with van der Waals surface area (Å²) in [6.45, 7) is 5.55. The predicted octanol–water partition coefficient (Wildman–Crippen LogP) is 3.97. The van der Waals surface area contributed by atoms with Crippen LogP contribution in [0.1, 0.15) is 32.2 Å². The van der Waals surface area contributed by atoms with Crippen LogP contribution in [0.3, 0.4) is 0 Å². The lowest BCUT2D eigenvalue weighted by Crippen LogP contribution is -2.32. The number of ether oxygens (including phenoxy) is 1. The van der Waals surface area contributed by atoms with Crippen molar-refractivity contribution in [3.05, 3.63) is 39.6 Å². The number of carbonyl (C=O) groups is 1. The van der Waals surface area contributed by atoms with Crippen molar-refractivity contribution in [2.45, 2.75) is 38.1 Å². The van der Waals surface area contributed by atoms with Crippen LogP contribution < -0.4 is 5.32 Å². The molecule has 10 heteroatoms. The number of nitrogens with zero attached hydrogens (tertiary/aromatic N) is 4. The van der Waals surface area contributed by atoms with Gasteiger partial charge in [-0.05, 0) is 32.9 Å². The zero-order chi connectivity index (χ0) is 18.9. The quantitative estimate of drug-likeness (QED) is 0.822. The van der Waals surface area contributed by atoms with E-state index in [0.717, 1.165) is 11.3 Å². The Morgan fingerprint density at radius 3 is 2.81 bits per heavy atom. The van der Waals surface area contributed by atoms with Crippen molar-refractivity contribution in [3.8, 4) is 0 Å². The summed E-state index contributed by atoms with van der Waals surface area (Å²) in [4.78, 5) is 11.8. The van der Waals surface area contributed by atoms with Crippen molar-refractivity contribution in [2.24, 2.45) is 5.10 Å². The van der Waals surface area contributed by atoms with Gasteiger partial charge >= 0.3 is 6.09 Å². The second kappa shape index (κ2) is 7.46. The number of benzene rings is 1. The maximum Gasteiger partial charge on any atom is 0.408 e. The molecule has 0 aliphatic carbocycles. The van der Waals surface area contributed by atoms with Gasteiger partial charge in [0.1, 0.15) is 5.60 Å². The first-order valence-corrected chi connectivity index (χ1v) is 9.54. The maximum atomic E-state index is 11.8. The number of nitrogens with one attached hydrogen (secondary N) is 1. The first-order valence-electron chi connectivity index (χ1n) is 7.80. The van der Waals surface area contributed by atoms with E-state index >= 15 is 0 Å². The average Bonchev–Trinajstić information content (AvgIpc) is 2.93. The fourth-order valence-corrected chi connectivity index (χ4v) is 3.56. The Kier molecular flexibility index (Phi) is 5.45. The van der Waals surface area contributed by atoms with Crippen LogP contribution in [-0.4, -0.2) is 38.0 Å². The number of alkyl carbamates (subject to hydrolysis) is 1. The first-order chi connectivity index (χ1) is 12.2. The number of aromatic nitrogens is 3. The van der Waals surface area contributed by atoms with E-state index in [1.807, 2.05) is 6.07 Å². The summed E-state index contributed by atoms with van der Waals surface area (Å²) < 4.78 is 6.82. The Morgan fingerprint density at radius 1 is 1.35 bits per heavy atom. The number of thioether (sulfide) groups is 1. The Balaban J connectivity index is 1.79. The fraction of sp³-hybridized carbons (Fsp3) is 0.375. The molecule has 0 saturated heterocycles. The van der Waals surface area contributed by atoms with Crippen molar-refractivity contribution in [3.63, 3.8) is 0 Å². The molecular weight excluding hydrogens is 397 g/mol. The third-order valence-electron chi connectivity index (χ3n) is 3.27. The van der Waals surface area contributed by atoms with Gasteiger partial charge in [0, 0.05) is 16.3 Å². The van der Waals surface area contributed by atoms with Crippen LogP contribution in [0.25, 0.3) is 0 Å². The highest BCUT2D eigenvalue weighted by Gasteiger charge is 2.22. The molecule has 138 valence electrons. The Bertz CT molecular complexity index is 876. The largest absolute Gasteiger partial charge is 0.444 e. The number of halogens is 2. The third kappa shape index (κ3) is 4.49. The Morgan fingerprint density at radius 2 is 2.12 bits per heavy atom. The molecule has 1 amide bonds. The number of fused-ring (bicyclic) bond motifs is 1. The summed E-state index contributed by atoms with van der Waals surface area (Å²) in [6.07, 6.45) is -0.525. The topological polar surface area (TPSA) is 81.4 Å². The number of rotatable bonds is 3. The maximum absolute atomic E-state index is 11.8. The lowest BCUT2D eigenvalue weighted by Gasteiger charge is -2.19. The van der Waals surface area contributed by atoms with E-state index in [0.29, 0.717) is 26.8 Å². The number of hydrogen-bond acceptors (Lipinski definition) is 6. The predicted molar refractivity (Wildman–Crippen MR) is 102 cm³/mol. The molecule has 0 bridgehead atoms. The lowest BCUT2D eigenvalue weighted by molar-refractivity contribution is 0.0521. The van der Waals surface area contributed by atoms with E-state index in [4.69, 9.17) is 27.9 Å². The van der Waals surface area contributed by atoms with Gasteiger partial charge in [-0.1, -0.05) is 41.0 Å². The van der Waals surface area contributed by atoms with Crippen molar-refractivity contribution in [2.75, 3.05) is 5.75 Å². The van der Waals surface area contributed by atoms with E-state index < -0.39 is 11.7 Å². The Hall–Kier alpha value is -1.77. The molecule has 0 spiro atoms. The molecule has 1 aliphatic rings. The van der Waals surface area contributed by atoms with Gasteiger partial charge < -0.3 is 10.1 Å². The highest BCUT2D eigenvalue weighted by atomic mass is 35.5. The van der Waals surface area contributed by atoms with Crippen molar-refractivity contribution >= 4 is 46.8 Å². The molecule has 1 aliphatic heterocycles. The van der Waals surface area contributed by atoms with Crippen LogP contribution in [0.4, 0.5) is 4.79 Å². The summed E-state index contributed by atoms with van der Waals surface area (Å²) >= 11 is 13.7. The zero-order valence-electron chi connectivity index (χ0n) is 14.4. The zero-order valence-corrected chi connectivity index (χ0v) is 16.7. The summed E-state index contributed by atoms with van der Waals surface area (Å²) in [5, 5.41) is 17.2. The third-order valence-corrected chi connectivity index (χ3v) is 4.75.